The van der Waals surface area contributed by atoms with Crippen LogP contribution in [-0.4, -0.2) is 35.6 Å². The van der Waals surface area contributed by atoms with Crippen molar-refractivity contribution in [3.63, 3.8) is 0 Å². The lowest BCUT2D eigenvalue weighted by atomic mass is 9.75. The van der Waals surface area contributed by atoms with Crippen LogP contribution in [0.25, 0.3) is 0 Å². The highest BCUT2D eigenvalue weighted by Gasteiger charge is 2.37. The zero-order chi connectivity index (χ0) is 15.2. The Morgan fingerprint density at radius 3 is 2.43 bits per heavy atom. The molecule has 3 nitrogen and oxygen atoms in total. The molecule has 0 aromatic rings. The average molecular weight is 295 g/mol. The van der Waals surface area contributed by atoms with Gasteiger partial charge in [0.1, 0.15) is 0 Å². The van der Waals surface area contributed by atoms with E-state index in [0.717, 1.165) is 37.6 Å². The molecule has 122 valence electrons. The molecule has 0 spiro atoms. The summed E-state index contributed by atoms with van der Waals surface area (Å²) in [5.41, 5.74) is 0. The summed E-state index contributed by atoms with van der Waals surface area (Å²) >= 11 is 0. The number of carboxylic acids is 1. The zero-order valence-electron chi connectivity index (χ0n) is 13.9. The largest absolute Gasteiger partial charge is 0.481 e. The Morgan fingerprint density at radius 1 is 1.10 bits per heavy atom. The summed E-state index contributed by atoms with van der Waals surface area (Å²) in [6.07, 6.45) is 12.4. The summed E-state index contributed by atoms with van der Waals surface area (Å²) in [5.74, 6) is 0.811. The lowest BCUT2D eigenvalue weighted by molar-refractivity contribution is -0.146. The summed E-state index contributed by atoms with van der Waals surface area (Å²) in [6, 6.07) is 0.259. The Hall–Kier alpha value is -0.570. The Morgan fingerprint density at radius 2 is 1.81 bits per heavy atom. The first kappa shape index (κ1) is 16.8. The number of carboxylic acid groups (broad SMARTS) is 1. The van der Waals surface area contributed by atoms with Gasteiger partial charge in [0.15, 0.2) is 0 Å². The first-order chi connectivity index (χ1) is 10.1. The molecular weight excluding hydrogens is 262 g/mol. The summed E-state index contributed by atoms with van der Waals surface area (Å²) in [6.45, 7) is 3.34. The first-order valence-electron chi connectivity index (χ1n) is 9.04. The molecular formula is C18H33NO2. The van der Waals surface area contributed by atoms with Gasteiger partial charge in [-0.15, -0.1) is 0 Å². The van der Waals surface area contributed by atoms with E-state index in [2.05, 4.69) is 18.9 Å². The molecule has 2 aliphatic rings. The van der Waals surface area contributed by atoms with Crippen LogP contribution in [0.1, 0.15) is 71.1 Å². The van der Waals surface area contributed by atoms with E-state index >= 15 is 0 Å². The van der Waals surface area contributed by atoms with Gasteiger partial charge >= 0.3 is 5.97 Å². The molecule has 0 saturated heterocycles. The van der Waals surface area contributed by atoms with E-state index in [4.69, 9.17) is 0 Å². The highest BCUT2D eigenvalue weighted by atomic mass is 16.4. The van der Waals surface area contributed by atoms with Crippen molar-refractivity contribution in [3.05, 3.63) is 0 Å². The summed E-state index contributed by atoms with van der Waals surface area (Å²) in [5, 5.41) is 9.55. The third-order valence-corrected chi connectivity index (χ3v) is 5.78. The quantitative estimate of drug-likeness (QED) is 0.799. The standard InChI is InChI=1S/C18H33NO2/c1-3-7-14-10-11-16(18(20)21)17(12-14)19(2)13-15-8-5-4-6-9-15/h14-17H,3-13H2,1-2H3,(H,20,21). The minimum absolute atomic E-state index is 0.147. The predicted octanol–water partition coefficient (Wildman–Crippen LogP) is 4.17. The van der Waals surface area contributed by atoms with Crippen LogP contribution in [0.5, 0.6) is 0 Å². The highest BCUT2D eigenvalue weighted by molar-refractivity contribution is 5.71. The smallest absolute Gasteiger partial charge is 0.308 e. The molecule has 0 amide bonds. The molecule has 2 saturated carbocycles. The maximum Gasteiger partial charge on any atom is 0.308 e. The minimum atomic E-state index is -0.578. The molecule has 3 heteroatoms. The molecule has 3 unspecified atom stereocenters. The van der Waals surface area contributed by atoms with Gasteiger partial charge in [0, 0.05) is 12.6 Å². The van der Waals surface area contributed by atoms with E-state index in [1.807, 2.05) is 0 Å². The van der Waals surface area contributed by atoms with Crippen molar-refractivity contribution in [1.82, 2.24) is 4.90 Å². The normalized spacial score (nSPS) is 31.5. The van der Waals surface area contributed by atoms with E-state index in [0.29, 0.717) is 0 Å². The molecule has 0 radical (unpaired) electrons. The molecule has 0 heterocycles. The molecule has 0 aromatic carbocycles. The molecule has 2 fully saturated rings. The summed E-state index contributed by atoms with van der Waals surface area (Å²) in [4.78, 5) is 14.0. The van der Waals surface area contributed by atoms with Crippen molar-refractivity contribution in [2.75, 3.05) is 13.6 Å². The maximum atomic E-state index is 11.6. The number of hydrogen-bond donors (Lipinski definition) is 1. The molecule has 2 rings (SSSR count). The second-order valence-corrected chi connectivity index (χ2v) is 7.42. The van der Waals surface area contributed by atoms with Gasteiger partial charge in [-0.1, -0.05) is 39.0 Å². The zero-order valence-corrected chi connectivity index (χ0v) is 13.9. The van der Waals surface area contributed by atoms with Gasteiger partial charge in [0.2, 0.25) is 0 Å². The predicted molar refractivity (Wildman–Crippen MR) is 86.4 cm³/mol. The van der Waals surface area contributed by atoms with Gasteiger partial charge < -0.3 is 10.0 Å². The van der Waals surface area contributed by atoms with Crippen molar-refractivity contribution in [2.45, 2.75) is 77.2 Å². The van der Waals surface area contributed by atoms with Crippen molar-refractivity contribution in [2.24, 2.45) is 17.8 Å². The van der Waals surface area contributed by atoms with Gasteiger partial charge in [-0.3, -0.25) is 4.79 Å². The van der Waals surface area contributed by atoms with Crippen LogP contribution in [-0.2, 0) is 4.79 Å². The van der Waals surface area contributed by atoms with E-state index in [9.17, 15) is 9.90 Å². The number of nitrogens with zero attached hydrogens (tertiary/aromatic N) is 1. The molecule has 0 aromatic heterocycles. The second kappa shape index (κ2) is 8.17. The van der Waals surface area contributed by atoms with Crippen molar-refractivity contribution < 1.29 is 9.90 Å². The third kappa shape index (κ3) is 4.70. The van der Waals surface area contributed by atoms with Gasteiger partial charge in [0.05, 0.1) is 5.92 Å². The Balaban J connectivity index is 1.94. The fraction of sp³-hybridized carbons (Fsp3) is 0.944. The van der Waals surface area contributed by atoms with Crippen LogP contribution < -0.4 is 0 Å². The van der Waals surface area contributed by atoms with Gasteiger partial charge in [0.25, 0.3) is 0 Å². The van der Waals surface area contributed by atoms with Crippen molar-refractivity contribution in [1.29, 1.82) is 0 Å². The van der Waals surface area contributed by atoms with Crippen LogP contribution in [0, 0.1) is 17.8 Å². The molecule has 0 bridgehead atoms. The van der Waals surface area contributed by atoms with Crippen LogP contribution in [0.3, 0.4) is 0 Å². The van der Waals surface area contributed by atoms with Crippen LogP contribution in [0.15, 0.2) is 0 Å². The number of carbonyl (C=O) groups is 1. The Labute approximate surface area is 130 Å². The van der Waals surface area contributed by atoms with Crippen LogP contribution >= 0.6 is 0 Å². The van der Waals surface area contributed by atoms with E-state index < -0.39 is 5.97 Å². The van der Waals surface area contributed by atoms with E-state index in [1.165, 1.54) is 44.9 Å². The van der Waals surface area contributed by atoms with Crippen LogP contribution in [0.4, 0.5) is 0 Å². The van der Waals surface area contributed by atoms with Crippen LogP contribution in [0.2, 0.25) is 0 Å². The fourth-order valence-corrected chi connectivity index (χ4v) is 4.59. The van der Waals surface area contributed by atoms with Crippen molar-refractivity contribution in [3.8, 4) is 0 Å². The lowest BCUT2D eigenvalue weighted by Crippen LogP contribution is -2.47. The monoisotopic (exact) mass is 295 g/mol. The Bertz CT molecular complexity index is 325. The maximum absolute atomic E-state index is 11.6. The molecule has 1 N–H and O–H groups in total. The van der Waals surface area contributed by atoms with Crippen molar-refractivity contribution >= 4 is 5.97 Å². The number of rotatable bonds is 6. The van der Waals surface area contributed by atoms with Gasteiger partial charge in [-0.05, 0) is 51.0 Å². The summed E-state index contributed by atoms with van der Waals surface area (Å²) in [7, 11) is 2.17. The van der Waals surface area contributed by atoms with E-state index in [-0.39, 0.29) is 12.0 Å². The SMILES string of the molecule is CCCC1CCC(C(=O)O)C(N(C)CC2CCCCC2)C1. The van der Waals surface area contributed by atoms with Gasteiger partial charge in [-0.25, -0.2) is 0 Å². The molecule has 0 aliphatic heterocycles. The number of aliphatic carboxylic acids is 1. The second-order valence-electron chi connectivity index (χ2n) is 7.42. The lowest BCUT2D eigenvalue weighted by Gasteiger charge is -2.41. The molecule has 21 heavy (non-hydrogen) atoms. The van der Waals surface area contributed by atoms with Gasteiger partial charge in [-0.2, -0.15) is 0 Å². The third-order valence-electron chi connectivity index (χ3n) is 5.78. The fourth-order valence-electron chi connectivity index (χ4n) is 4.59. The first-order valence-corrected chi connectivity index (χ1v) is 9.04. The molecule has 2 aliphatic carbocycles. The topological polar surface area (TPSA) is 40.5 Å². The van der Waals surface area contributed by atoms with E-state index in [1.54, 1.807) is 0 Å². The molecule has 3 atom stereocenters. The average Bonchev–Trinajstić information content (AvgIpc) is 2.48. The Kier molecular flexibility index (Phi) is 6.53. The minimum Gasteiger partial charge on any atom is -0.481 e. The summed E-state index contributed by atoms with van der Waals surface area (Å²) < 4.78 is 0. The highest BCUT2D eigenvalue weighted by Crippen LogP contribution is 2.35. The number of hydrogen-bond acceptors (Lipinski definition) is 2.